The molecule has 1 aliphatic heterocycles. The maximum Gasteiger partial charge on any atom is 0.0718 e. The van der Waals surface area contributed by atoms with E-state index in [-0.39, 0.29) is 6.10 Å². The molecule has 0 aromatic heterocycles. The van der Waals surface area contributed by atoms with Gasteiger partial charge in [-0.05, 0) is 37.5 Å². The summed E-state index contributed by atoms with van der Waals surface area (Å²) in [6.45, 7) is 6.17. The molecular weight excluding hydrogens is 200 g/mol. The van der Waals surface area contributed by atoms with Gasteiger partial charge in [-0.3, -0.25) is 0 Å². The Morgan fingerprint density at radius 2 is 2.25 bits per heavy atom. The molecule has 1 unspecified atom stereocenters. The summed E-state index contributed by atoms with van der Waals surface area (Å²) in [6.07, 6.45) is 1.38. The number of benzene rings is 1. The van der Waals surface area contributed by atoms with Gasteiger partial charge in [-0.1, -0.05) is 6.07 Å². The molecular formula is C13H20N2O. The van der Waals surface area contributed by atoms with Crippen molar-refractivity contribution in [3.8, 4) is 0 Å². The Hall–Kier alpha value is -1.22. The number of nitrogen functional groups attached to an aromatic ring is 1. The Kier molecular flexibility index (Phi) is 3.06. The van der Waals surface area contributed by atoms with Crippen LogP contribution in [-0.2, 0) is 11.2 Å². The van der Waals surface area contributed by atoms with E-state index in [2.05, 4.69) is 30.9 Å². The van der Waals surface area contributed by atoms with Gasteiger partial charge in [0.1, 0.15) is 0 Å². The van der Waals surface area contributed by atoms with E-state index in [0.29, 0.717) is 0 Å². The van der Waals surface area contributed by atoms with Crippen molar-refractivity contribution in [3.63, 3.8) is 0 Å². The predicted octanol–water partition coefficient (Wildman–Crippen LogP) is 1.97. The summed E-state index contributed by atoms with van der Waals surface area (Å²) < 4.78 is 5.31. The third-order valence-corrected chi connectivity index (χ3v) is 3.34. The largest absolute Gasteiger partial charge is 0.398 e. The summed E-state index contributed by atoms with van der Waals surface area (Å²) in [5.41, 5.74) is 10.7. The van der Waals surface area contributed by atoms with E-state index >= 15 is 0 Å². The molecule has 0 spiro atoms. The van der Waals surface area contributed by atoms with Gasteiger partial charge in [0, 0.05) is 31.6 Å². The highest BCUT2D eigenvalue weighted by molar-refractivity contribution is 5.67. The number of anilines is 2. The zero-order valence-corrected chi connectivity index (χ0v) is 10.3. The van der Waals surface area contributed by atoms with Crippen LogP contribution in [0.25, 0.3) is 0 Å². The summed E-state index contributed by atoms with van der Waals surface area (Å²) in [5, 5.41) is 0. The fourth-order valence-corrected chi connectivity index (χ4v) is 2.22. The van der Waals surface area contributed by atoms with E-state index in [0.717, 1.165) is 25.2 Å². The fraction of sp³-hybridized carbons (Fsp3) is 0.538. The van der Waals surface area contributed by atoms with Gasteiger partial charge >= 0.3 is 0 Å². The molecule has 2 rings (SSSR count). The van der Waals surface area contributed by atoms with E-state index in [9.17, 15) is 0 Å². The van der Waals surface area contributed by atoms with Crippen LogP contribution in [0, 0.1) is 6.92 Å². The Morgan fingerprint density at radius 3 is 2.94 bits per heavy atom. The molecule has 0 amide bonds. The van der Waals surface area contributed by atoms with Crippen molar-refractivity contribution in [1.82, 2.24) is 0 Å². The van der Waals surface area contributed by atoms with Crippen molar-refractivity contribution in [2.24, 2.45) is 0 Å². The number of aryl methyl sites for hydroxylation is 1. The first-order chi connectivity index (χ1) is 7.61. The molecule has 1 aromatic carbocycles. The third-order valence-electron chi connectivity index (χ3n) is 3.34. The normalized spacial score (nSPS) is 16.3. The molecule has 1 aromatic rings. The minimum atomic E-state index is 0.258. The minimum Gasteiger partial charge on any atom is -0.398 e. The standard InChI is InChI=1S/C13H20N2O/c1-9-6-11-4-5-15(8-10(2)16-3)13(11)7-12(9)14/h6-7,10H,4-5,8,14H2,1-3H3. The van der Waals surface area contributed by atoms with Crippen LogP contribution in [-0.4, -0.2) is 26.3 Å². The van der Waals surface area contributed by atoms with Crippen LogP contribution in [0.4, 0.5) is 11.4 Å². The molecule has 1 aliphatic rings. The molecule has 0 saturated carbocycles. The maximum atomic E-state index is 5.96. The van der Waals surface area contributed by atoms with Crippen LogP contribution in [0.2, 0.25) is 0 Å². The quantitative estimate of drug-likeness (QED) is 0.792. The van der Waals surface area contributed by atoms with Crippen LogP contribution in [0.1, 0.15) is 18.1 Å². The monoisotopic (exact) mass is 220 g/mol. The first-order valence-corrected chi connectivity index (χ1v) is 5.78. The lowest BCUT2D eigenvalue weighted by molar-refractivity contribution is 0.123. The molecule has 0 saturated heterocycles. The topological polar surface area (TPSA) is 38.5 Å². The van der Waals surface area contributed by atoms with Crippen molar-refractivity contribution >= 4 is 11.4 Å². The van der Waals surface area contributed by atoms with Crippen molar-refractivity contribution < 1.29 is 4.74 Å². The molecule has 3 nitrogen and oxygen atoms in total. The van der Waals surface area contributed by atoms with Gasteiger partial charge in [0.05, 0.1) is 6.10 Å². The average Bonchev–Trinajstić information content (AvgIpc) is 2.62. The summed E-state index contributed by atoms with van der Waals surface area (Å²) in [6, 6.07) is 4.31. The number of hydrogen-bond donors (Lipinski definition) is 1. The molecule has 1 heterocycles. The number of nitrogens with two attached hydrogens (primary N) is 1. The zero-order chi connectivity index (χ0) is 11.7. The maximum absolute atomic E-state index is 5.96. The highest BCUT2D eigenvalue weighted by Crippen LogP contribution is 2.32. The van der Waals surface area contributed by atoms with Crippen molar-refractivity contribution in [2.75, 3.05) is 30.8 Å². The number of ether oxygens (including phenoxy) is 1. The molecule has 88 valence electrons. The lowest BCUT2D eigenvalue weighted by Crippen LogP contribution is -2.30. The first kappa shape index (κ1) is 11.3. The summed E-state index contributed by atoms with van der Waals surface area (Å²) in [5.74, 6) is 0. The smallest absolute Gasteiger partial charge is 0.0718 e. The average molecular weight is 220 g/mol. The molecule has 0 radical (unpaired) electrons. The Balaban J connectivity index is 2.22. The molecule has 0 aliphatic carbocycles. The zero-order valence-electron chi connectivity index (χ0n) is 10.3. The molecule has 0 fully saturated rings. The lowest BCUT2D eigenvalue weighted by Gasteiger charge is -2.23. The summed E-state index contributed by atoms with van der Waals surface area (Å²) in [7, 11) is 1.76. The molecule has 0 bridgehead atoms. The Labute approximate surface area is 97.2 Å². The van der Waals surface area contributed by atoms with Crippen LogP contribution in [0.15, 0.2) is 12.1 Å². The van der Waals surface area contributed by atoms with E-state index < -0.39 is 0 Å². The summed E-state index contributed by atoms with van der Waals surface area (Å²) >= 11 is 0. The third kappa shape index (κ3) is 2.00. The van der Waals surface area contributed by atoms with Gasteiger partial charge in [0.15, 0.2) is 0 Å². The first-order valence-electron chi connectivity index (χ1n) is 5.78. The summed E-state index contributed by atoms with van der Waals surface area (Å²) in [4.78, 5) is 2.36. The predicted molar refractivity (Wildman–Crippen MR) is 68.0 cm³/mol. The highest BCUT2D eigenvalue weighted by Gasteiger charge is 2.21. The number of fused-ring (bicyclic) bond motifs is 1. The number of nitrogens with zero attached hydrogens (tertiary/aromatic N) is 1. The molecule has 2 N–H and O–H groups in total. The van der Waals surface area contributed by atoms with Crippen molar-refractivity contribution in [3.05, 3.63) is 23.3 Å². The SMILES string of the molecule is COC(C)CN1CCc2cc(C)c(N)cc21. The fourth-order valence-electron chi connectivity index (χ4n) is 2.22. The lowest BCUT2D eigenvalue weighted by atomic mass is 10.1. The second kappa shape index (κ2) is 4.34. The van der Waals surface area contributed by atoms with Crippen molar-refractivity contribution in [1.29, 1.82) is 0 Å². The van der Waals surface area contributed by atoms with E-state index in [4.69, 9.17) is 10.5 Å². The number of rotatable bonds is 3. The van der Waals surface area contributed by atoms with E-state index in [1.807, 2.05) is 0 Å². The highest BCUT2D eigenvalue weighted by atomic mass is 16.5. The molecule has 3 heteroatoms. The van der Waals surface area contributed by atoms with Gasteiger partial charge in [-0.15, -0.1) is 0 Å². The van der Waals surface area contributed by atoms with Crippen LogP contribution < -0.4 is 10.6 Å². The molecule has 1 atom stereocenters. The number of hydrogen-bond acceptors (Lipinski definition) is 3. The van der Waals surface area contributed by atoms with E-state index in [1.165, 1.54) is 16.8 Å². The van der Waals surface area contributed by atoms with Gasteiger partial charge < -0.3 is 15.4 Å². The van der Waals surface area contributed by atoms with Gasteiger partial charge in [0.25, 0.3) is 0 Å². The van der Waals surface area contributed by atoms with Crippen molar-refractivity contribution in [2.45, 2.75) is 26.4 Å². The van der Waals surface area contributed by atoms with Crippen LogP contribution in [0.5, 0.6) is 0 Å². The second-order valence-corrected chi connectivity index (χ2v) is 4.58. The Bertz CT molecular complexity index is 390. The minimum absolute atomic E-state index is 0.258. The van der Waals surface area contributed by atoms with Crippen LogP contribution in [0.3, 0.4) is 0 Å². The number of methoxy groups -OCH3 is 1. The van der Waals surface area contributed by atoms with Gasteiger partial charge in [0.2, 0.25) is 0 Å². The molecule has 16 heavy (non-hydrogen) atoms. The van der Waals surface area contributed by atoms with Crippen LogP contribution >= 0.6 is 0 Å². The van der Waals surface area contributed by atoms with Gasteiger partial charge in [-0.25, -0.2) is 0 Å². The van der Waals surface area contributed by atoms with Gasteiger partial charge in [-0.2, -0.15) is 0 Å². The Morgan fingerprint density at radius 1 is 1.50 bits per heavy atom. The van der Waals surface area contributed by atoms with E-state index in [1.54, 1.807) is 7.11 Å². The second-order valence-electron chi connectivity index (χ2n) is 4.58.